The van der Waals surface area contributed by atoms with E-state index in [-0.39, 0.29) is 11.8 Å². The SMILES string of the molecule is CS(=O)(=O)C1(c2cc(N)nc(-c3ccc(NC(=O)NCCN4CCCC4)cc3)n2)CC1. The van der Waals surface area contributed by atoms with Gasteiger partial charge >= 0.3 is 6.03 Å². The van der Waals surface area contributed by atoms with E-state index in [1.807, 2.05) is 0 Å². The minimum absolute atomic E-state index is 0.231. The number of carbonyl (C=O) groups is 1. The van der Waals surface area contributed by atoms with E-state index < -0.39 is 14.6 Å². The third-order valence-electron chi connectivity index (χ3n) is 5.94. The number of nitrogens with two attached hydrogens (primary N) is 1. The Balaban J connectivity index is 1.41. The number of carbonyl (C=O) groups excluding carboxylic acids is 1. The van der Waals surface area contributed by atoms with Crippen LogP contribution in [0.2, 0.25) is 0 Å². The van der Waals surface area contributed by atoms with E-state index in [1.165, 1.54) is 19.1 Å². The third-order valence-corrected chi connectivity index (χ3v) is 7.98. The van der Waals surface area contributed by atoms with Crippen LogP contribution in [-0.4, -0.2) is 61.8 Å². The van der Waals surface area contributed by atoms with Crippen molar-refractivity contribution in [2.45, 2.75) is 30.4 Å². The van der Waals surface area contributed by atoms with Gasteiger partial charge in [0.05, 0.1) is 5.69 Å². The van der Waals surface area contributed by atoms with Crippen molar-refractivity contribution in [3.8, 4) is 11.4 Å². The fraction of sp³-hybridized carbons (Fsp3) is 0.476. The van der Waals surface area contributed by atoms with Gasteiger partial charge in [-0.15, -0.1) is 0 Å². The molecule has 0 radical (unpaired) electrons. The van der Waals surface area contributed by atoms with Gasteiger partial charge in [0.25, 0.3) is 0 Å². The summed E-state index contributed by atoms with van der Waals surface area (Å²) in [7, 11) is -3.30. The van der Waals surface area contributed by atoms with Gasteiger partial charge in [-0.3, -0.25) is 0 Å². The van der Waals surface area contributed by atoms with Gasteiger partial charge in [0, 0.05) is 36.7 Å². The van der Waals surface area contributed by atoms with Crippen LogP contribution >= 0.6 is 0 Å². The number of anilines is 2. The molecule has 31 heavy (non-hydrogen) atoms. The van der Waals surface area contributed by atoms with Gasteiger partial charge in [-0.1, -0.05) is 0 Å². The molecule has 1 saturated carbocycles. The fourth-order valence-electron chi connectivity index (χ4n) is 3.97. The minimum atomic E-state index is -3.30. The van der Waals surface area contributed by atoms with Crippen molar-refractivity contribution in [1.29, 1.82) is 0 Å². The van der Waals surface area contributed by atoms with Crippen molar-refractivity contribution in [3.05, 3.63) is 36.0 Å². The van der Waals surface area contributed by atoms with E-state index in [1.54, 1.807) is 30.3 Å². The molecule has 4 N–H and O–H groups in total. The summed E-state index contributed by atoms with van der Waals surface area (Å²) in [6.45, 7) is 3.66. The van der Waals surface area contributed by atoms with Crippen molar-refractivity contribution in [3.63, 3.8) is 0 Å². The second-order valence-electron chi connectivity index (χ2n) is 8.28. The number of likely N-dealkylation sites (tertiary alicyclic amines) is 1. The summed E-state index contributed by atoms with van der Waals surface area (Å²) in [4.78, 5) is 23.2. The number of hydrogen-bond acceptors (Lipinski definition) is 7. The van der Waals surface area contributed by atoms with Gasteiger partial charge in [-0.2, -0.15) is 0 Å². The van der Waals surface area contributed by atoms with Crippen LogP contribution in [0.15, 0.2) is 30.3 Å². The molecule has 0 unspecified atom stereocenters. The maximum atomic E-state index is 12.2. The minimum Gasteiger partial charge on any atom is -0.384 e. The number of urea groups is 1. The first-order valence-corrected chi connectivity index (χ1v) is 12.4. The van der Waals surface area contributed by atoms with Gasteiger partial charge in [-0.25, -0.2) is 23.2 Å². The number of aromatic nitrogens is 2. The number of nitrogens with one attached hydrogen (secondary N) is 2. The molecule has 1 saturated heterocycles. The maximum Gasteiger partial charge on any atom is 0.319 e. The Hall–Kier alpha value is -2.72. The molecule has 0 atom stereocenters. The van der Waals surface area contributed by atoms with E-state index in [0.717, 1.165) is 19.6 Å². The van der Waals surface area contributed by atoms with Crippen LogP contribution in [-0.2, 0) is 14.6 Å². The molecule has 0 spiro atoms. The second-order valence-corrected chi connectivity index (χ2v) is 10.6. The average molecular weight is 445 g/mol. The predicted octanol–water partition coefficient (Wildman–Crippen LogP) is 1.98. The Kier molecular flexibility index (Phi) is 5.85. The molecule has 2 aliphatic rings. The predicted molar refractivity (Wildman–Crippen MR) is 120 cm³/mol. The van der Waals surface area contributed by atoms with Crippen LogP contribution in [0.1, 0.15) is 31.4 Å². The summed E-state index contributed by atoms with van der Waals surface area (Å²) in [5.74, 6) is 0.598. The van der Waals surface area contributed by atoms with Crippen LogP contribution in [0, 0.1) is 0 Å². The van der Waals surface area contributed by atoms with E-state index in [9.17, 15) is 13.2 Å². The molecule has 2 amide bonds. The Bertz CT molecular complexity index is 1060. The first kappa shape index (κ1) is 21.5. The Morgan fingerprint density at radius 1 is 1.16 bits per heavy atom. The highest BCUT2D eigenvalue weighted by Gasteiger charge is 2.55. The summed E-state index contributed by atoms with van der Waals surface area (Å²) >= 11 is 0. The number of sulfone groups is 1. The lowest BCUT2D eigenvalue weighted by Crippen LogP contribution is -2.35. The van der Waals surface area contributed by atoms with Gasteiger partial charge < -0.3 is 21.3 Å². The molecule has 1 aliphatic heterocycles. The monoisotopic (exact) mass is 444 g/mol. The number of nitrogens with zero attached hydrogens (tertiary/aromatic N) is 3. The Morgan fingerprint density at radius 3 is 2.45 bits per heavy atom. The molecule has 2 heterocycles. The number of rotatable bonds is 7. The number of hydrogen-bond donors (Lipinski definition) is 3. The van der Waals surface area contributed by atoms with Crippen LogP contribution in [0.25, 0.3) is 11.4 Å². The van der Waals surface area contributed by atoms with E-state index in [0.29, 0.717) is 42.2 Å². The molecule has 4 rings (SSSR count). The summed E-state index contributed by atoms with van der Waals surface area (Å²) in [5.41, 5.74) is 7.71. The first-order chi connectivity index (χ1) is 14.8. The van der Waals surface area contributed by atoms with Gasteiger partial charge in [0.15, 0.2) is 15.7 Å². The van der Waals surface area contributed by atoms with Crippen molar-refractivity contribution in [2.24, 2.45) is 0 Å². The van der Waals surface area contributed by atoms with E-state index in [4.69, 9.17) is 5.73 Å². The molecule has 1 aromatic carbocycles. The largest absolute Gasteiger partial charge is 0.384 e. The molecule has 166 valence electrons. The zero-order valence-corrected chi connectivity index (χ0v) is 18.4. The zero-order valence-electron chi connectivity index (χ0n) is 17.6. The van der Waals surface area contributed by atoms with Gasteiger partial charge in [0.1, 0.15) is 10.6 Å². The molecular weight excluding hydrogens is 416 g/mol. The quantitative estimate of drug-likeness (QED) is 0.595. The summed E-state index contributed by atoms with van der Waals surface area (Å²) in [6.07, 6.45) is 4.77. The van der Waals surface area contributed by atoms with Crippen molar-refractivity contribution >= 4 is 27.4 Å². The summed E-state index contributed by atoms with van der Waals surface area (Å²) in [6, 6.07) is 8.35. The molecular formula is C21H28N6O3S. The summed E-state index contributed by atoms with van der Waals surface area (Å²) < 4.78 is 23.5. The van der Waals surface area contributed by atoms with E-state index in [2.05, 4.69) is 25.5 Å². The molecule has 2 aromatic rings. The lowest BCUT2D eigenvalue weighted by molar-refractivity contribution is 0.249. The smallest absolute Gasteiger partial charge is 0.319 e. The topological polar surface area (TPSA) is 130 Å². The second kappa shape index (κ2) is 8.43. The first-order valence-electron chi connectivity index (χ1n) is 10.5. The molecule has 2 fully saturated rings. The third kappa shape index (κ3) is 4.80. The lowest BCUT2D eigenvalue weighted by atomic mass is 10.1. The number of amides is 2. The highest BCUT2D eigenvalue weighted by atomic mass is 32.2. The van der Waals surface area contributed by atoms with Crippen LogP contribution in [0.3, 0.4) is 0 Å². The zero-order chi connectivity index (χ0) is 22.1. The molecule has 1 aliphatic carbocycles. The van der Waals surface area contributed by atoms with E-state index >= 15 is 0 Å². The Morgan fingerprint density at radius 2 is 1.84 bits per heavy atom. The Labute approximate surface area is 182 Å². The van der Waals surface area contributed by atoms with Crippen molar-refractivity contribution < 1.29 is 13.2 Å². The molecule has 10 heteroatoms. The van der Waals surface area contributed by atoms with Gasteiger partial charge in [0.2, 0.25) is 0 Å². The molecule has 0 bridgehead atoms. The highest BCUT2D eigenvalue weighted by Crippen LogP contribution is 2.52. The lowest BCUT2D eigenvalue weighted by Gasteiger charge is -2.15. The average Bonchev–Trinajstić information content (AvgIpc) is 3.39. The van der Waals surface area contributed by atoms with Crippen molar-refractivity contribution in [1.82, 2.24) is 20.2 Å². The van der Waals surface area contributed by atoms with Crippen molar-refractivity contribution in [2.75, 3.05) is 43.5 Å². The van der Waals surface area contributed by atoms with Crippen LogP contribution in [0.5, 0.6) is 0 Å². The highest BCUT2D eigenvalue weighted by molar-refractivity contribution is 7.91. The maximum absolute atomic E-state index is 12.2. The number of benzene rings is 1. The van der Waals surface area contributed by atoms with Gasteiger partial charge in [-0.05, 0) is 63.0 Å². The number of nitrogen functional groups attached to an aromatic ring is 1. The van der Waals surface area contributed by atoms with Crippen LogP contribution < -0.4 is 16.4 Å². The molecule has 1 aromatic heterocycles. The standard InChI is InChI=1S/C21H28N6O3S/c1-31(29,30)21(8-9-21)17-14-18(22)26-19(25-17)15-4-6-16(7-5-15)24-20(28)23-10-13-27-11-2-3-12-27/h4-7,14H,2-3,8-13H2,1H3,(H2,22,25,26)(H2,23,24,28). The fourth-order valence-corrected chi connectivity index (χ4v) is 5.30. The van der Waals surface area contributed by atoms with Crippen LogP contribution in [0.4, 0.5) is 16.3 Å². The molecule has 9 nitrogen and oxygen atoms in total. The summed E-state index contributed by atoms with van der Waals surface area (Å²) in [5, 5.41) is 5.68. The normalized spacial score (nSPS) is 18.0.